The average molecular weight is 325 g/mol. The standard InChI is InChI=1S/C14H17BrN2S/c1-9-4-5-11(15)6-13(9)14(16-3)7-12-8-18-10(2)17-12/h4-6,8,14,16H,7H2,1-3H3. The minimum Gasteiger partial charge on any atom is -0.313 e. The van der Waals surface area contributed by atoms with Crippen molar-refractivity contribution in [2.45, 2.75) is 26.3 Å². The highest BCUT2D eigenvalue weighted by molar-refractivity contribution is 9.10. The molecule has 0 bridgehead atoms. The summed E-state index contributed by atoms with van der Waals surface area (Å²) in [7, 11) is 2.00. The first kappa shape index (κ1) is 13.7. The molecule has 2 nitrogen and oxygen atoms in total. The second-order valence-corrected chi connectivity index (χ2v) is 6.38. The first-order valence-corrected chi connectivity index (χ1v) is 7.61. The number of hydrogen-bond donors (Lipinski definition) is 1. The molecule has 2 aromatic rings. The van der Waals surface area contributed by atoms with E-state index in [4.69, 9.17) is 0 Å². The molecule has 0 aliphatic rings. The summed E-state index contributed by atoms with van der Waals surface area (Å²) in [6.45, 7) is 4.20. The number of aromatic nitrogens is 1. The molecule has 0 radical (unpaired) electrons. The van der Waals surface area contributed by atoms with Gasteiger partial charge in [0.05, 0.1) is 10.7 Å². The zero-order valence-corrected chi connectivity index (χ0v) is 13.2. The SMILES string of the molecule is CNC(Cc1csc(C)n1)c1cc(Br)ccc1C. The lowest BCUT2D eigenvalue weighted by Crippen LogP contribution is -2.20. The molecular formula is C14H17BrN2S. The second-order valence-electron chi connectivity index (χ2n) is 4.40. The third kappa shape index (κ3) is 3.19. The minimum atomic E-state index is 0.309. The Labute approximate surface area is 121 Å². The van der Waals surface area contributed by atoms with Gasteiger partial charge < -0.3 is 5.32 Å². The van der Waals surface area contributed by atoms with Crippen molar-refractivity contribution >= 4 is 27.3 Å². The Hall–Kier alpha value is -0.710. The molecular weight excluding hydrogens is 308 g/mol. The van der Waals surface area contributed by atoms with Crippen LogP contribution in [0, 0.1) is 13.8 Å². The van der Waals surface area contributed by atoms with Crippen LogP contribution >= 0.6 is 27.3 Å². The van der Waals surface area contributed by atoms with E-state index in [0.29, 0.717) is 6.04 Å². The molecule has 0 aliphatic carbocycles. The van der Waals surface area contributed by atoms with Crippen LogP contribution in [-0.2, 0) is 6.42 Å². The van der Waals surface area contributed by atoms with Crippen LogP contribution in [0.15, 0.2) is 28.1 Å². The second kappa shape index (κ2) is 5.95. The Balaban J connectivity index is 2.25. The van der Waals surface area contributed by atoms with E-state index < -0.39 is 0 Å². The van der Waals surface area contributed by atoms with Crippen LogP contribution in [0.5, 0.6) is 0 Å². The maximum absolute atomic E-state index is 4.54. The minimum absolute atomic E-state index is 0.309. The number of nitrogens with zero attached hydrogens (tertiary/aromatic N) is 1. The van der Waals surface area contributed by atoms with Gasteiger partial charge in [-0.3, -0.25) is 0 Å². The van der Waals surface area contributed by atoms with Crippen molar-refractivity contribution in [3.8, 4) is 0 Å². The summed E-state index contributed by atoms with van der Waals surface area (Å²) in [5.41, 5.74) is 3.80. The van der Waals surface area contributed by atoms with Crippen LogP contribution in [0.4, 0.5) is 0 Å². The lowest BCUT2D eigenvalue weighted by molar-refractivity contribution is 0.582. The molecule has 1 aromatic carbocycles. The van der Waals surface area contributed by atoms with Gasteiger partial charge in [0, 0.05) is 22.3 Å². The molecule has 1 unspecified atom stereocenters. The first-order valence-electron chi connectivity index (χ1n) is 5.94. The number of hydrogen-bond acceptors (Lipinski definition) is 3. The van der Waals surface area contributed by atoms with E-state index in [1.54, 1.807) is 11.3 Å². The number of rotatable bonds is 4. The first-order chi connectivity index (χ1) is 8.60. The molecule has 18 heavy (non-hydrogen) atoms. The Morgan fingerprint density at radius 2 is 2.17 bits per heavy atom. The Morgan fingerprint density at radius 3 is 2.78 bits per heavy atom. The van der Waals surface area contributed by atoms with Gasteiger partial charge in [0.1, 0.15) is 0 Å². The lowest BCUT2D eigenvalue weighted by atomic mass is 9.98. The lowest BCUT2D eigenvalue weighted by Gasteiger charge is -2.18. The van der Waals surface area contributed by atoms with Crippen molar-refractivity contribution in [2.75, 3.05) is 7.05 Å². The number of thiazole rings is 1. The van der Waals surface area contributed by atoms with Crippen molar-refractivity contribution in [3.05, 3.63) is 49.9 Å². The summed E-state index contributed by atoms with van der Waals surface area (Å²) in [5.74, 6) is 0. The van der Waals surface area contributed by atoms with Gasteiger partial charge >= 0.3 is 0 Å². The number of aryl methyl sites for hydroxylation is 2. The highest BCUT2D eigenvalue weighted by atomic mass is 79.9. The van der Waals surface area contributed by atoms with E-state index in [2.05, 4.69) is 56.7 Å². The molecule has 0 saturated carbocycles. The summed E-state index contributed by atoms with van der Waals surface area (Å²) >= 11 is 5.25. The Bertz CT molecular complexity index is 536. The average Bonchev–Trinajstić information content (AvgIpc) is 2.75. The molecule has 96 valence electrons. The maximum atomic E-state index is 4.54. The zero-order valence-electron chi connectivity index (χ0n) is 10.8. The van der Waals surface area contributed by atoms with Crippen molar-refractivity contribution in [1.82, 2.24) is 10.3 Å². The molecule has 0 amide bonds. The monoisotopic (exact) mass is 324 g/mol. The number of likely N-dealkylation sites (N-methyl/N-ethyl adjacent to an activating group) is 1. The predicted molar refractivity (Wildman–Crippen MR) is 81.2 cm³/mol. The fourth-order valence-corrected chi connectivity index (χ4v) is 3.07. The van der Waals surface area contributed by atoms with Gasteiger partial charge in [-0.05, 0) is 44.2 Å². The van der Waals surface area contributed by atoms with Gasteiger partial charge in [0.25, 0.3) is 0 Å². The zero-order chi connectivity index (χ0) is 13.1. The normalized spacial score (nSPS) is 12.7. The summed E-state index contributed by atoms with van der Waals surface area (Å²) in [6, 6.07) is 6.73. The van der Waals surface area contributed by atoms with Gasteiger partial charge in [-0.2, -0.15) is 0 Å². The Morgan fingerprint density at radius 1 is 1.39 bits per heavy atom. The van der Waals surface area contributed by atoms with Crippen LogP contribution in [0.25, 0.3) is 0 Å². The molecule has 0 saturated heterocycles. The van der Waals surface area contributed by atoms with E-state index in [-0.39, 0.29) is 0 Å². The Kier molecular flexibility index (Phi) is 4.54. The van der Waals surface area contributed by atoms with Gasteiger partial charge in [0.2, 0.25) is 0 Å². The molecule has 2 rings (SSSR count). The van der Waals surface area contributed by atoms with Crippen LogP contribution in [0.2, 0.25) is 0 Å². The molecule has 0 fully saturated rings. The third-order valence-corrected chi connectivity index (χ3v) is 4.36. The van der Waals surface area contributed by atoms with E-state index in [1.165, 1.54) is 11.1 Å². The van der Waals surface area contributed by atoms with Gasteiger partial charge in [-0.1, -0.05) is 22.0 Å². The maximum Gasteiger partial charge on any atom is 0.0897 e. The van der Waals surface area contributed by atoms with Gasteiger partial charge in [-0.15, -0.1) is 11.3 Å². The molecule has 1 aromatic heterocycles. The van der Waals surface area contributed by atoms with E-state index in [1.807, 2.05) is 14.0 Å². The fraction of sp³-hybridized carbons (Fsp3) is 0.357. The summed E-state index contributed by atoms with van der Waals surface area (Å²) in [6.07, 6.45) is 0.929. The van der Waals surface area contributed by atoms with E-state index in [9.17, 15) is 0 Å². The summed E-state index contributed by atoms with van der Waals surface area (Å²) in [5, 5.41) is 6.66. The van der Waals surface area contributed by atoms with Crippen molar-refractivity contribution in [2.24, 2.45) is 0 Å². The molecule has 1 heterocycles. The number of nitrogens with one attached hydrogen (secondary N) is 1. The third-order valence-electron chi connectivity index (χ3n) is 3.04. The highest BCUT2D eigenvalue weighted by Crippen LogP contribution is 2.25. The number of halogens is 1. The molecule has 1 N–H and O–H groups in total. The van der Waals surface area contributed by atoms with E-state index in [0.717, 1.165) is 21.6 Å². The highest BCUT2D eigenvalue weighted by Gasteiger charge is 2.14. The van der Waals surface area contributed by atoms with Crippen LogP contribution < -0.4 is 5.32 Å². The summed E-state index contributed by atoms with van der Waals surface area (Å²) < 4.78 is 1.12. The molecule has 4 heteroatoms. The molecule has 0 aliphatic heterocycles. The molecule has 0 spiro atoms. The molecule has 1 atom stereocenters. The van der Waals surface area contributed by atoms with Gasteiger partial charge in [0.15, 0.2) is 0 Å². The number of benzene rings is 1. The van der Waals surface area contributed by atoms with Crippen LogP contribution in [0.1, 0.15) is 27.9 Å². The van der Waals surface area contributed by atoms with Gasteiger partial charge in [-0.25, -0.2) is 4.98 Å². The topological polar surface area (TPSA) is 24.9 Å². The largest absolute Gasteiger partial charge is 0.313 e. The van der Waals surface area contributed by atoms with E-state index >= 15 is 0 Å². The van der Waals surface area contributed by atoms with Crippen LogP contribution in [0.3, 0.4) is 0 Å². The van der Waals surface area contributed by atoms with Crippen molar-refractivity contribution < 1.29 is 0 Å². The fourth-order valence-electron chi connectivity index (χ4n) is 2.07. The smallest absolute Gasteiger partial charge is 0.0897 e. The summed E-state index contributed by atoms with van der Waals surface area (Å²) in [4.78, 5) is 4.54. The van der Waals surface area contributed by atoms with Crippen LogP contribution in [-0.4, -0.2) is 12.0 Å². The predicted octanol–water partition coefficient (Wildman–Crippen LogP) is 4.03. The van der Waals surface area contributed by atoms with Crippen molar-refractivity contribution in [3.63, 3.8) is 0 Å². The quantitative estimate of drug-likeness (QED) is 0.918. The van der Waals surface area contributed by atoms with Crippen molar-refractivity contribution in [1.29, 1.82) is 0 Å².